The second-order valence-electron chi connectivity index (χ2n) is 7.83. The summed E-state index contributed by atoms with van der Waals surface area (Å²) in [6.07, 6.45) is 21.6. The van der Waals surface area contributed by atoms with Crippen LogP contribution in [0.2, 0.25) is 18.1 Å². The summed E-state index contributed by atoms with van der Waals surface area (Å²) in [4.78, 5) is 0. The summed E-state index contributed by atoms with van der Waals surface area (Å²) in [5.74, 6) is 0. The molecule has 1 heterocycles. The Morgan fingerprint density at radius 1 is 0.609 bits per heavy atom. The van der Waals surface area contributed by atoms with E-state index in [0.29, 0.717) is 0 Å². The van der Waals surface area contributed by atoms with E-state index < -0.39 is 8.32 Å². The van der Waals surface area contributed by atoms with Crippen LogP contribution in [-0.2, 0) is 4.43 Å². The minimum atomic E-state index is -1.21. The molecule has 1 fully saturated rings. The van der Waals surface area contributed by atoms with Crippen molar-refractivity contribution in [3.05, 3.63) is 0 Å². The van der Waals surface area contributed by atoms with E-state index in [9.17, 15) is 0 Å². The Labute approximate surface area is 148 Å². The Morgan fingerprint density at radius 2 is 1.04 bits per heavy atom. The summed E-state index contributed by atoms with van der Waals surface area (Å²) < 4.78 is 6.38. The molecule has 0 bridgehead atoms. The molecule has 0 aliphatic carbocycles. The largest absolute Gasteiger partial charge is 0.417 e. The number of hydrogen-bond donors (Lipinski definition) is 0. The van der Waals surface area contributed by atoms with Crippen LogP contribution in [0.25, 0.3) is 0 Å². The van der Waals surface area contributed by atoms with Gasteiger partial charge < -0.3 is 4.43 Å². The van der Waals surface area contributed by atoms with Gasteiger partial charge in [-0.1, -0.05) is 104 Å². The van der Waals surface area contributed by atoms with Gasteiger partial charge >= 0.3 is 0 Å². The molecule has 1 aliphatic heterocycles. The fourth-order valence-electron chi connectivity index (χ4n) is 4.03. The average molecular weight is 341 g/mol. The predicted molar refractivity (Wildman–Crippen MR) is 107 cm³/mol. The monoisotopic (exact) mass is 340 g/mol. The molecule has 0 atom stereocenters. The zero-order valence-electron chi connectivity index (χ0n) is 16.3. The molecule has 0 N–H and O–H groups in total. The van der Waals surface area contributed by atoms with Crippen molar-refractivity contribution in [3.8, 4) is 0 Å². The Hall–Kier alpha value is 0.177. The minimum Gasteiger partial charge on any atom is -0.417 e. The molecule has 1 saturated heterocycles. The highest BCUT2D eigenvalue weighted by Gasteiger charge is 2.36. The molecular weight excluding hydrogens is 296 g/mol. The molecule has 1 aliphatic rings. The molecule has 0 amide bonds. The lowest BCUT2D eigenvalue weighted by Crippen LogP contribution is -2.33. The molecule has 0 radical (unpaired) electrons. The summed E-state index contributed by atoms with van der Waals surface area (Å²) in [5, 5.41) is 0. The standard InChI is InChI=1S/C21H44OSi/c1-3-5-6-7-8-9-10-11-12-13-14-15-16-19-22-23(4-2)20-17-18-21-23/h3-21H2,1-2H3. The maximum Gasteiger partial charge on any atom is 0.192 e. The topological polar surface area (TPSA) is 9.23 Å². The predicted octanol–water partition coefficient (Wildman–Crippen LogP) is 7.85. The lowest BCUT2D eigenvalue weighted by atomic mass is 10.0. The smallest absolute Gasteiger partial charge is 0.192 e. The zero-order chi connectivity index (χ0) is 16.6. The number of unbranched alkanes of at least 4 members (excludes halogenated alkanes) is 12. The van der Waals surface area contributed by atoms with Crippen LogP contribution in [0.4, 0.5) is 0 Å². The quantitative estimate of drug-likeness (QED) is 0.205. The van der Waals surface area contributed by atoms with Crippen LogP contribution >= 0.6 is 0 Å². The van der Waals surface area contributed by atoms with E-state index in [-0.39, 0.29) is 0 Å². The van der Waals surface area contributed by atoms with Gasteiger partial charge in [0.05, 0.1) is 0 Å². The van der Waals surface area contributed by atoms with Gasteiger partial charge in [0, 0.05) is 6.61 Å². The van der Waals surface area contributed by atoms with Crippen molar-refractivity contribution in [3.63, 3.8) is 0 Å². The first-order chi connectivity index (χ1) is 11.3. The van der Waals surface area contributed by atoms with Crippen molar-refractivity contribution in [2.75, 3.05) is 6.61 Å². The van der Waals surface area contributed by atoms with E-state index in [1.165, 1.54) is 114 Å². The SMILES string of the molecule is CCCCCCCCCCCCCCCO[Si]1(CC)CCCC1. The van der Waals surface area contributed by atoms with Gasteiger partial charge in [0.15, 0.2) is 8.32 Å². The van der Waals surface area contributed by atoms with Crippen molar-refractivity contribution in [2.24, 2.45) is 0 Å². The zero-order valence-corrected chi connectivity index (χ0v) is 17.3. The summed E-state index contributed by atoms with van der Waals surface area (Å²) in [6, 6.07) is 4.25. The van der Waals surface area contributed by atoms with Gasteiger partial charge in [-0.05, 0) is 24.6 Å². The lowest BCUT2D eigenvalue weighted by Gasteiger charge is -2.25. The third kappa shape index (κ3) is 10.6. The van der Waals surface area contributed by atoms with Gasteiger partial charge in [0.2, 0.25) is 0 Å². The summed E-state index contributed by atoms with van der Waals surface area (Å²) in [7, 11) is -1.21. The first kappa shape index (κ1) is 21.2. The van der Waals surface area contributed by atoms with E-state index in [2.05, 4.69) is 13.8 Å². The molecular formula is C21H44OSi. The van der Waals surface area contributed by atoms with Crippen molar-refractivity contribution in [2.45, 2.75) is 128 Å². The van der Waals surface area contributed by atoms with E-state index in [0.717, 1.165) is 6.61 Å². The summed E-state index contributed by atoms with van der Waals surface area (Å²) >= 11 is 0. The van der Waals surface area contributed by atoms with Gasteiger partial charge in [0.1, 0.15) is 0 Å². The number of hydrogen-bond acceptors (Lipinski definition) is 1. The first-order valence-electron chi connectivity index (χ1n) is 11.0. The molecule has 1 rings (SSSR count). The van der Waals surface area contributed by atoms with E-state index >= 15 is 0 Å². The van der Waals surface area contributed by atoms with Crippen molar-refractivity contribution >= 4 is 8.32 Å². The van der Waals surface area contributed by atoms with Gasteiger partial charge in [-0.2, -0.15) is 0 Å². The van der Waals surface area contributed by atoms with Crippen LogP contribution in [0.5, 0.6) is 0 Å². The Balaban J connectivity index is 1.76. The van der Waals surface area contributed by atoms with E-state index in [1.54, 1.807) is 0 Å². The molecule has 2 heteroatoms. The van der Waals surface area contributed by atoms with Crippen LogP contribution in [0, 0.1) is 0 Å². The Morgan fingerprint density at radius 3 is 1.48 bits per heavy atom. The third-order valence-corrected chi connectivity index (χ3v) is 10.5. The molecule has 23 heavy (non-hydrogen) atoms. The van der Waals surface area contributed by atoms with Crippen LogP contribution in [0.1, 0.15) is 110 Å². The van der Waals surface area contributed by atoms with Gasteiger partial charge in [-0.3, -0.25) is 0 Å². The van der Waals surface area contributed by atoms with E-state index in [1.807, 2.05) is 0 Å². The molecule has 0 spiro atoms. The Kier molecular flexibility index (Phi) is 13.4. The molecule has 0 unspecified atom stereocenters. The fourth-order valence-corrected chi connectivity index (χ4v) is 7.84. The summed E-state index contributed by atoms with van der Waals surface area (Å²) in [5.41, 5.74) is 0. The van der Waals surface area contributed by atoms with Crippen LogP contribution in [0.15, 0.2) is 0 Å². The van der Waals surface area contributed by atoms with Crippen molar-refractivity contribution in [1.82, 2.24) is 0 Å². The highest BCUT2D eigenvalue weighted by atomic mass is 28.4. The van der Waals surface area contributed by atoms with E-state index in [4.69, 9.17) is 4.43 Å². The van der Waals surface area contributed by atoms with Crippen molar-refractivity contribution < 1.29 is 4.43 Å². The molecule has 0 aromatic carbocycles. The Bertz CT molecular complexity index is 248. The van der Waals surface area contributed by atoms with Gasteiger partial charge in [-0.15, -0.1) is 0 Å². The molecule has 0 aromatic rings. The number of rotatable bonds is 16. The first-order valence-corrected chi connectivity index (χ1v) is 13.5. The highest BCUT2D eigenvalue weighted by molar-refractivity contribution is 6.74. The molecule has 1 nitrogen and oxygen atoms in total. The second kappa shape index (κ2) is 14.5. The highest BCUT2D eigenvalue weighted by Crippen LogP contribution is 2.34. The maximum atomic E-state index is 6.38. The van der Waals surface area contributed by atoms with Crippen LogP contribution < -0.4 is 0 Å². The van der Waals surface area contributed by atoms with Crippen molar-refractivity contribution in [1.29, 1.82) is 0 Å². The molecule has 0 saturated carbocycles. The molecule has 0 aromatic heterocycles. The van der Waals surface area contributed by atoms with Crippen LogP contribution in [-0.4, -0.2) is 14.9 Å². The second-order valence-corrected chi connectivity index (χ2v) is 12.2. The minimum absolute atomic E-state index is 1.07. The third-order valence-electron chi connectivity index (χ3n) is 5.82. The normalized spacial score (nSPS) is 17.0. The van der Waals surface area contributed by atoms with Gasteiger partial charge in [-0.25, -0.2) is 0 Å². The summed E-state index contributed by atoms with van der Waals surface area (Å²) in [6.45, 7) is 5.73. The fraction of sp³-hybridized carbons (Fsp3) is 1.00. The van der Waals surface area contributed by atoms with Gasteiger partial charge in [0.25, 0.3) is 0 Å². The molecule has 138 valence electrons. The lowest BCUT2D eigenvalue weighted by molar-refractivity contribution is 0.290. The average Bonchev–Trinajstić information content (AvgIpc) is 3.04. The maximum absolute atomic E-state index is 6.38. The van der Waals surface area contributed by atoms with Crippen LogP contribution in [0.3, 0.4) is 0 Å².